The Labute approximate surface area is 178 Å². The monoisotopic (exact) mass is 454 g/mol. The van der Waals surface area contributed by atoms with E-state index in [1.165, 1.54) is 46.3 Å². The summed E-state index contributed by atoms with van der Waals surface area (Å²) in [6.07, 6.45) is -1.74. The summed E-state index contributed by atoms with van der Waals surface area (Å²) >= 11 is 1.27. The van der Waals surface area contributed by atoms with Gasteiger partial charge >= 0.3 is 12.1 Å². The second kappa shape index (κ2) is 9.28. The van der Waals surface area contributed by atoms with Crippen LogP contribution < -0.4 is 0 Å². The van der Waals surface area contributed by atoms with Gasteiger partial charge in [0.1, 0.15) is 40.2 Å². The first-order valence-electron chi connectivity index (χ1n) is 8.75. The van der Waals surface area contributed by atoms with Gasteiger partial charge in [0.05, 0.1) is 4.92 Å². The summed E-state index contributed by atoms with van der Waals surface area (Å²) in [5.74, 6) is -1.63. The van der Waals surface area contributed by atoms with E-state index < -0.39 is 29.1 Å². The predicted octanol–water partition coefficient (Wildman–Crippen LogP) is 0.807. The van der Waals surface area contributed by atoms with Crippen LogP contribution in [-0.2, 0) is 34.8 Å². The van der Waals surface area contributed by atoms with Crippen LogP contribution in [0.5, 0.6) is 0 Å². The van der Waals surface area contributed by atoms with Crippen LogP contribution in [0, 0.1) is 16.0 Å². The Kier molecular flexibility index (Phi) is 6.74. The Morgan fingerprint density at radius 2 is 2.00 bits per heavy atom. The fraction of sp³-hybridized carbons (Fsp3) is 0.353. The van der Waals surface area contributed by atoms with Gasteiger partial charge in [0, 0.05) is 17.5 Å². The summed E-state index contributed by atoms with van der Waals surface area (Å²) < 4.78 is 19.9. The number of carbonyl (C=O) groups excluding carboxylic acids is 3. The van der Waals surface area contributed by atoms with Gasteiger partial charge < -0.3 is 18.6 Å². The molecule has 160 valence electrons. The van der Waals surface area contributed by atoms with Gasteiger partial charge in [0.15, 0.2) is 6.79 Å². The number of β-lactam (4-membered cyclic amide) rings is 1. The van der Waals surface area contributed by atoms with Gasteiger partial charge in [-0.1, -0.05) is 0 Å². The quantitative estimate of drug-likeness (QED) is 0.139. The molecule has 0 aromatic heterocycles. The molecule has 0 N–H and O–H groups in total. The van der Waals surface area contributed by atoms with Crippen molar-refractivity contribution in [3.63, 3.8) is 0 Å². The van der Waals surface area contributed by atoms with E-state index in [9.17, 15) is 24.5 Å². The molecule has 1 amide bonds. The molecule has 13 heteroatoms. The number of nitrogens with zero attached hydrogens (tertiary/aromatic N) is 2. The van der Waals surface area contributed by atoms with Crippen LogP contribution in [0.4, 0.5) is 10.5 Å². The Hall–Kier alpha value is -2.90. The number of hydrogen-bond donors (Lipinski definition) is 0. The largest absolute Gasteiger partial charge is 0.508 e. The number of ether oxygens (including phenoxy) is 3. The highest BCUT2D eigenvalue weighted by molar-refractivity contribution is 8.03. The number of esters is 1. The van der Waals surface area contributed by atoms with Crippen molar-refractivity contribution in [2.75, 3.05) is 6.79 Å². The first-order chi connectivity index (χ1) is 14.3. The molecule has 0 bridgehead atoms. The lowest BCUT2D eigenvalue weighted by atomic mass is 9.92. The first-order valence-corrected chi connectivity index (χ1v) is 10.5. The number of carbonyl (C=O) groups is 3. The normalized spacial score (nSPS) is 20.6. The summed E-state index contributed by atoms with van der Waals surface area (Å²) in [7, 11) is 0.422. The molecule has 0 saturated carbocycles. The van der Waals surface area contributed by atoms with Crippen LogP contribution in [0.1, 0.15) is 12.5 Å². The van der Waals surface area contributed by atoms with E-state index in [0.717, 1.165) is 0 Å². The number of non-ortho nitro benzene ring substituents is 1. The highest BCUT2D eigenvalue weighted by atomic mass is 32.2. The van der Waals surface area contributed by atoms with Gasteiger partial charge in [0.2, 0.25) is 5.91 Å². The molecular formula is C17H18N2O9SSi. The van der Waals surface area contributed by atoms with E-state index in [0.29, 0.717) is 16.0 Å². The van der Waals surface area contributed by atoms with E-state index in [1.54, 1.807) is 6.92 Å². The average Bonchev–Trinajstić information content (AvgIpc) is 3.10. The summed E-state index contributed by atoms with van der Waals surface area (Å²) in [5.41, 5.74) is 0.615. The van der Waals surface area contributed by atoms with Crippen molar-refractivity contribution >= 4 is 46.0 Å². The lowest BCUT2D eigenvalue weighted by molar-refractivity contribution is -0.384. The van der Waals surface area contributed by atoms with Crippen LogP contribution in [0.3, 0.4) is 0 Å². The molecular weight excluding hydrogens is 436 g/mol. The van der Waals surface area contributed by atoms with Crippen LogP contribution >= 0.6 is 11.8 Å². The molecule has 11 nitrogen and oxygen atoms in total. The van der Waals surface area contributed by atoms with E-state index in [2.05, 4.69) is 0 Å². The molecule has 3 atom stereocenters. The molecule has 1 aromatic rings. The summed E-state index contributed by atoms with van der Waals surface area (Å²) in [4.78, 5) is 47.8. The van der Waals surface area contributed by atoms with Gasteiger partial charge in [0.25, 0.3) is 5.69 Å². The zero-order valence-electron chi connectivity index (χ0n) is 16.0. The van der Waals surface area contributed by atoms with Crippen molar-refractivity contribution in [1.82, 2.24) is 4.90 Å². The van der Waals surface area contributed by atoms with Crippen LogP contribution in [0.2, 0.25) is 0 Å². The molecule has 30 heavy (non-hydrogen) atoms. The second-order valence-electron chi connectivity index (χ2n) is 6.39. The summed E-state index contributed by atoms with van der Waals surface area (Å²) in [6, 6.07) is 5.54. The molecule has 2 aliphatic heterocycles. The maximum Gasteiger partial charge on any atom is 0.508 e. The number of benzene rings is 1. The maximum atomic E-state index is 12.5. The van der Waals surface area contributed by atoms with Gasteiger partial charge in [-0.15, -0.1) is 11.8 Å². The predicted molar refractivity (Wildman–Crippen MR) is 106 cm³/mol. The molecule has 2 aliphatic rings. The fourth-order valence-electron chi connectivity index (χ4n) is 2.96. The SMILES string of the molecule is C[C@@H](OC(=O)OCc1ccc([N+](=O)[O-])cc1)[C@H]1C(=O)N2C(C(=O)OCO[SiH3])=CS[C@H]12. The molecule has 0 unspecified atom stereocenters. The number of fused-ring (bicyclic) bond motifs is 1. The van der Waals surface area contributed by atoms with Crippen molar-refractivity contribution in [3.8, 4) is 0 Å². The van der Waals surface area contributed by atoms with Gasteiger partial charge in [-0.25, -0.2) is 9.59 Å². The Balaban J connectivity index is 1.48. The lowest BCUT2D eigenvalue weighted by Crippen LogP contribution is -2.61. The summed E-state index contributed by atoms with van der Waals surface area (Å²) in [6.45, 7) is 1.27. The summed E-state index contributed by atoms with van der Waals surface area (Å²) in [5, 5.41) is 11.8. The number of hydrogen-bond acceptors (Lipinski definition) is 10. The van der Waals surface area contributed by atoms with Gasteiger partial charge in [-0.3, -0.25) is 19.8 Å². The van der Waals surface area contributed by atoms with E-state index >= 15 is 0 Å². The molecule has 1 fully saturated rings. The highest BCUT2D eigenvalue weighted by Crippen LogP contribution is 2.46. The Morgan fingerprint density at radius 1 is 1.30 bits per heavy atom. The van der Waals surface area contributed by atoms with Crippen molar-refractivity contribution in [2.24, 2.45) is 5.92 Å². The number of amides is 1. The number of thioether (sulfide) groups is 1. The zero-order chi connectivity index (χ0) is 21.8. The van der Waals surface area contributed by atoms with Crippen LogP contribution in [0.25, 0.3) is 0 Å². The maximum absolute atomic E-state index is 12.5. The van der Waals surface area contributed by atoms with E-state index in [4.69, 9.17) is 18.6 Å². The molecule has 2 heterocycles. The third kappa shape index (κ3) is 4.47. The van der Waals surface area contributed by atoms with Gasteiger partial charge in [-0.05, 0) is 24.6 Å². The standard InChI is InChI=1S/C17H18N2O9SSi/c1-9(28-17(22)25-6-10-2-4-11(5-3-10)19(23)24)13-14(20)18-12(7-29-15(13)18)16(21)26-8-27-30/h2-5,7,9,13,15H,6,8H2,1,30H3/t9-,13+,15-/m1/s1. The fourth-order valence-corrected chi connectivity index (χ4v) is 4.40. The zero-order valence-corrected chi connectivity index (χ0v) is 18.8. The second-order valence-corrected chi connectivity index (χ2v) is 7.96. The number of nitro benzene ring substituents is 1. The highest BCUT2D eigenvalue weighted by Gasteiger charge is 2.56. The molecule has 0 aliphatic carbocycles. The first kappa shape index (κ1) is 21.8. The molecule has 0 spiro atoms. The molecule has 1 aromatic carbocycles. The number of rotatable bonds is 8. The molecule has 0 radical (unpaired) electrons. The Bertz CT molecular complexity index is 892. The lowest BCUT2D eigenvalue weighted by Gasteiger charge is -2.44. The smallest absolute Gasteiger partial charge is 0.435 e. The van der Waals surface area contributed by atoms with E-state index in [-0.39, 0.29) is 36.1 Å². The van der Waals surface area contributed by atoms with Crippen molar-refractivity contribution in [3.05, 3.63) is 51.0 Å². The molecule has 3 rings (SSSR count). The Morgan fingerprint density at radius 3 is 2.63 bits per heavy atom. The minimum atomic E-state index is -0.966. The minimum Gasteiger partial charge on any atom is -0.435 e. The number of nitro groups is 1. The van der Waals surface area contributed by atoms with Crippen molar-refractivity contribution < 1.29 is 37.9 Å². The topological polar surface area (TPSA) is 135 Å². The minimum absolute atomic E-state index is 0.0713. The third-order valence-electron chi connectivity index (χ3n) is 4.47. The van der Waals surface area contributed by atoms with Crippen molar-refractivity contribution in [2.45, 2.75) is 25.0 Å². The average molecular weight is 454 g/mol. The van der Waals surface area contributed by atoms with Crippen LogP contribution in [0.15, 0.2) is 35.4 Å². The molecule has 1 saturated heterocycles. The van der Waals surface area contributed by atoms with Crippen molar-refractivity contribution in [1.29, 1.82) is 0 Å². The van der Waals surface area contributed by atoms with Gasteiger partial charge in [-0.2, -0.15) is 0 Å². The third-order valence-corrected chi connectivity index (χ3v) is 5.85. The van der Waals surface area contributed by atoms with E-state index in [1.807, 2.05) is 0 Å². The van der Waals surface area contributed by atoms with Crippen LogP contribution in [-0.4, -0.2) is 56.6 Å².